The number of nitrogens with zero attached hydrogens (tertiary/aromatic N) is 3. The minimum absolute atomic E-state index is 0.0283. The highest BCUT2D eigenvalue weighted by Gasteiger charge is 2.40. The zero-order valence-electron chi connectivity index (χ0n) is 19.6. The smallest absolute Gasteiger partial charge is 0.282 e. The van der Waals surface area contributed by atoms with Crippen LogP contribution in [0.15, 0.2) is 30.3 Å². The van der Waals surface area contributed by atoms with E-state index in [4.69, 9.17) is 4.74 Å². The number of ether oxygens (including phenoxy) is 1. The van der Waals surface area contributed by atoms with Crippen LogP contribution >= 0.6 is 0 Å². The standard InChI is InChI=1S/C24H38N4O4S/c29-23-20-24(10-5-2-6-11-24)26(21-22-8-3-1-4-9-22)13-7-14-27(15-12-25-23)33(30,31)28-16-18-32-19-17-28/h1,3-4,8-9H,2,5-7,10-21H2,(H,25,29). The topological polar surface area (TPSA) is 82.2 Å². The molecule has 1 spiro atoms. The van der Waals surface area contributed by atoms with Gasteiger partial charge in [0.05, 0.1) is 13.2 Å². The number of nitrogens with one attached hydrogen (secondary N) is 1. The van der Waals surface area contributed by atoms with Gasteiger partial charge in [0, 0.05) is 57.8 Å². The Kier molecular flexibility index (Phi) is 8.40. The Hall–Kier alpha value is -1.52. The summed E-state index contributed by atoms with van der Waals surface area (Å²) < 4.78 is 35.0. The maximum Gasteiger partial charge on any atom is 0.282 e. The lowest BCUT2D eigenvalue weighted by molar-refractivity contribution is -0.125. The number of carbonyl (C=O) groups excluding carboxylic acids is 1. The van der Waals surface area contributed by atoms with E-state index in [1.54, 1.807) is 4.31 Å². The molecule has 3 fully saturated rings. The number of morpholine rings is 1. The van der Waals surface area contributed by atoms with E-state index in [9.17, 15) is 13.2 Å². The Balaban J connectivity index is 1.55. The Bertz CT molecular complexity index is 868. The number of hydrogen-bond donors (Lipinski definition) is 1. The van der Waals surface area contributed by atoms with Crippen molar-refractivity contribution in [1.29, 1.82) is 0 Å². The van der Waals surface area contributed by atoms with Crippen molar-refractivity contribution < 1.29 is 17.9 Å². The third-order valence-corrected chi connectivity index (χ3v) is 9.34. The molecule has 2 saturated heterocycles. The van der Waals surface area contributed by atoms with Crippen LogP contribution in [0.25, 0.3) is 0 Å². The number of hydrogen-bond acceptors (Lipinski definition) is 5. The molecule has 0 aromatic heterocycles. The monoisotopic (exact) mass is 478 g/mol. The van der Waals surface area contributed by atoms with Gasteiger partial charge < -0.3 is 10.1 Å². The molecule has 1 aromatic carbocycles. The third-order valence-electron chi connectivity index (χ3n) is 7.30. The Morgan fingerprint density at radius 2 is 1.58 bits per heavy atom. The Morgan fingerprint density at radius 1 is 0.879 bits per heavy atom. The molecule has 3 aliphatic rings. The van der Waals surface area contributed by atoms with E-state index in [0.717, 1.165) is 45.2 Å². The first-order chi connectivity index (χ1) is 16.0. The highest BCUT2D eigenvalue weighted by Crippen LogP contribution is 2.38. The van der Waals surface area contributed by atoms with Gasteiger partial charge >= 0.3 is 0 Å². The molecule has 1 saturated carbocycles. The van der Waals surface area contributed by atoms with Gasteiger partial charge in [0.25, 0.3) is 10.2 Å². The van der Waals surface area contributed by atoms with E-state index in [-0.39, 0.29) is 11.4 Å². The zero-order chi connectivity index (χ0) is 23.2. The van der Waals surface area contributed by atoms with Crippen LogP contribution in [0.4, 0.5) is 0 Å². The summed E-state index contributed by atoms with van der Waals surface area (Å²) in [6, 6.07) is 10.4. The molecule has 184 valence electrons. The molecule has 0 unspecified atom stereocenters. The molecule has 1 aliphatic carbocycles. The van der Waals surface area contributed by atoms with E-state index < -0.39 is 10.2 Å². The van der Waals surface area contributed by atoms with Crippen molar-refractivity contribution in [3.63, 3.8) is 0 Å². The lowest BCUT2D eigenvalue weighted by atomic mass is 9.77. The molecule has 9 heteroatoms. The molecule has 8 nitrogen and oxygen atoms in total. The van der Waals surface area contributed by atoms with Crippen molar-refractivity contribution in [2.75, 3.05) is 52.5 Å². The molecular formula is C24H38N4O4S. The molecule has 1 aromatic rings. The van der Waals surface area contributed by atoms with Gasteiger partial charge in [-0.3, -0.25) is 9.69 Å². The van der Waals surface area contributed by atoms with Gasteiger partial charge in [0.1, 0.15) is 0 Å². The predicted octanol–water partition coefficient (Wildman–Crippen LogP) is 1.98. The summed E-state index contributed by atoms with van der Waals surface area (Å²) in [4.78, 5) is 15.5. The minimum atomic E-state index is -3.58. The summed E-state index contributed by atoms with van der Waals surface area (Å²) in [6.07, 6.45) is 6.74. The highest BCUT2D eigenvalue weighted by atomic mass is 32.2. The molecule has 0 bridgehead atoms. The predicted molar refractivity (Wildman–Crippen MR) is 128 cm³/mol. The molecular weight excluding hydrogens is 440 g/mol. The SMILES string of the molecule is O=C1CC2(CCCCC2)N(Cc2ccccc2)CCCN(S(=O)(=O)N2CCOCC2)CCN1. The molecule has 2 heterocycles. The van der Waals surface area contributed by atoms with Crippen LogP contribution in [0.2, 0.25) is 0 Å². The zero-order valence-corrected chi connectivity index (χ0v) is 20.4. The van der Waals surface area contributed by atoms with Crippen LogP contribution in [0.3, 0.4) is 0 Å². The maximum absolute atomic E-state index is 13.3. The van der Waals surface area contributed by atoms with Gasteiger partial charge in [-0.05, 0) is 24.8 Å². The van der Waals surface area contributed by atoms with Gasteiger partial charge in [-0.1, -0.05) is 49.6 Å². The Morgan fingerprint density at radius 3 is 2.30 bits per heavy atom. The first-order valence-electron chi connectivity index (χ1n) is 12.4. The second-order valence-corrected chi connectivity index (χ2v) is 11.4. The number of benzene rings is 1. The maximum atomic E-state index is 13.3. The largest absolute Gasteiger partial charge is 0.379 e. The normalized spacial score (nSPS) is 24.8. The van der Waals surface area contributed by atoms with Crippen LogP contribution in [0.5, 0.6) is 0 Å². The molecule has 0 atom stereocenters. The molecule has 4 rings (SSSR count). The van der Waals surface area contributed by atoms with Crippen LogP contribution < -0.4 is 5.32 Å². The van der Waals surface area contributed by atoms with E-state index >= 15 is 0 Å². The highest BCUT2D eigenvalue weighted by molar-refractivity contribution is 7.86. The lowest BCUT2D eigenvalue weighted by Gasteiger charge is -2.46. The quantitative estimate of drug-likeness (QED) is 0.716. The Labute approximate surface area is 198 Å². The average Bonchev–Trinajstić information content (AvgIpc) is 2.86. The van der Waals surface area contributed by atoms with E-state index in [2.05, 4.69) is 34.5 Å². The first-order valence-corrected chi connectivity index (χ1v) is 13.8. The summed E-state index contributed by atoms with van der Waals surface area (Å²) in [7, 11) is -3.58. The van der Waals surface area contributed by atoms with Gasteiger partial charge in [0.2, 0.25) is 5.91 Å². The van der Waals surface area contributed by atoms with Crippen molar-refractivity contribution >= 4 is 16.1 Å². The fraction of sp³-hybridized carbons (Fsp3) is 0.708. The minimum Gasteiger partial charge on any atom is -0.379 e. The van der Waals surface area contributed by atoms with Gasteiger partial charge in [-0.15, -0.1) is 0 Å². The summed E-state index contributed by atoms with van der Waals surface area (Å²) in [5, 5.41) is 3.03. The fourth-order valence-electron chi connectivity index (χ4n) is 5.50. The molecule has 2 aliphatic heterocycles. The van der Waals surface area contributed by atoms with Gasteiger partial charge in [0.15, 0.2) is 0 Å². The van der Waals surface area contributed by atoms with E-state index in [1.807, 2.05) is 6.07 Å². The summed E-state index contributed by atoms with van der Waals surface area (Å²) >= 11 is 0. The van der Waals surface area contributed by atoms with Gasteiger partial charge in [-0.2, -0.15) is 17.0 Å². The number of amides is 1. The number of rotatable bonds is 4. The summed E-state index contributed by atoms with van der Waals surface area (Å²) in [6.45, 7) is 4.28. The first kappa shape index (κ1) is 24.6. The number of carbonyl (C=O) groups is 1. The summed E-state index contributed by atoms with van der Waals surface area (Å²) in [5.41, 5.74) is 1.08. The lowest BCUT2D eigenvalue weighted by Crippen LogP contribution is -2.52. The van der Waals surface area contributed by atoms with Crippen LogP contribution in [-0.2, 0) is 26.3 Å². The van der Waals surface area contributed by atoms with E-state index in [1.165, 1.54) is 16.3 Å². The van der Waals surface area contributed by atoms with Crippen LogP contribution in [0, 0.1) is 0 Å². The molecule has 33 heavy (non-hydrogen) atoms. The van der Waals surface area contributed by atoms with E-state index in [0.29, 0.717) is 52.4 Å². The second-order valence-electron chi connectivity index (χ2n) is 9.49. The average molecular weight is 479 g/mol. The van der Waals surface area contributed by atoms with Crippen molar-refractivity contribution in [2.45, 2.75) is 57.0 Å². The van der Waals surface area contributed by atoms with Crippen molar-refractivity contribution in [2.24, 2.45) is 0 Å². The van der Waals surface area contributed by atoms with Crippen molar-refractivity contribution in [3.8, 4) is 0 Å². The van der Waals surface area contributed by atoms with Crippen LogP contribution in [0.1, 0.15) is 50.5 Å². The molecule has 1 amide bonds. The van der Waals surface area contributed by atoms with Crippen molar-refractivity contribution in [1.82, 2.24) is 18.8 Å². The second kappa shape index (κ2) is 11.3. The van der Waals surface area contributed by atoms with Crippen LogP contribution in [-0.4, -0.2) is 85.9 Å². The summed E-state index contributed by atoms with van der Waals surface area (Å²) in [5.74, 6) is 0.0283. The molecule has 1 N–H and O–H groups in total. The molecule has 0 radical (unpaired) electrons. The van der Waals surface area contributed by atoms with Crippen molar-refractivity contribution in [3.05, 3.63) is 35.9 Å². The fourth-order valence-corrected chi connectivity index (χ4v) is 7.12. The van der Waals surface area contributed by atoms with Gasteiger partial charge in [-0.25, -0.2) is 0 Å². The third kappa shape index (κ3) is 6.14.